The van der Waals surface area contributed by atoms with Gasteiger partial charge in [0.2, 0.25) is 0 Å². The number of hydrogen-bond acceptors (Lipinski definition) is 2. The number of nitrogens with one attached hydrogen (secondary N) is 1. The van der Waals surface area contributed by atoms with Crippen molar-refractivity contribution in [3.63, 3.8) is 0 Å². The Hall–Kier alpha value is 0.0500. The molecule has 0 amide bonds. The topological polar surface area (TPSA) is 12.0 Å². The molecule has 0 rings (SSSR count). The van der Waals surface area contributed by atoms with Gasteiger partial charge in [0.1, 0.15) is 0 Å². The Bertz CT molecular complexity index is 110. The van der Waals surface area contributed by atoms with Crippen molar-refractivity contribution in [3.05, 3.63) is 12.2 Å². The lowest BCUT2D eigenvalue weighted by molar-refractivity contribution is 0.750. The van der Waals surface area contributed by atoms with Crippen LogP contribution < -0.4 is 5.32 Å². The molecule has 0 aromatic carbocycles. The standard InChI is InChI=1S/C9H19NS/c1-8(2)6-11-7-9(3)5-10-4/h8,10H,3,5-7H2,1-2,4H3. The molecule has 0 radical (unpaired) electrons. The second-order valence-electron chi connectivity index (χ2n) is 3.19. The molecule has 0 aromatic rings. The second-order valence-corrected chi connectivity index (χ2v) is 4.22. The van der Waals surface area contributed by atoms with Crippen LogP contribution in [0.1, 0.15) is 13.8 Å². The van der Waals surface area contributed by atoms with Crippen molar-refractivity contribution < 1.29 is 0 Å². The molecule has 0 unspecified atom stereocenters. The van der Waals surface area contributed by atoms with Crippen LogP contribution in [-0.4, -0.2) is 25.1 Å². The zero-order valence-corrected chi connectivity index (χ0v) is 8.63. The van der Waals surface area contributed by atoms with Crippen molar-refractivity contribution in [2.75, 3.05) is 25.1 Å². The van der Waals surface area contributed by atoms with Gasteiger partial charge in [-0.2, -0.15) is 11.8 Å². The molecular weight excluding hydrogens is 154 g/mol. The molecule has 11 heavy (non-hydrogen) atoms. The minimum Gasteiger partial charge on any atom is -0.316 e. The van der Waals surface area contributed by atoms with E-state index in [2.05, 4.69) is 25.7 Å². The molecule has 0 aliphatic carbocycles. The quantitative estimate of drug-likeness (QED) is 0.618. The molecule has 0 aliphatic rings. The minimum absolute atomic E-state index is 0.794. The summed E-state index contributed by atoms with van der Waals surface area (Å²) in [5.41, 5.74) is 1.29. The third-order valence-corrected chi connectivity index (χ3v) is 2.70. The van der Waals surface area contributed by atoms with Gasteiger partial charge in [-0.1, -0.05) is 26.0 Å². The van der Waals surface area contributed by atoms with Crippen molar-refractivity contribution in [2.24, 2.45) is 5.92 Å². The number of likely N-dealkylation sites (N-methyl/N-ethyl adjacent to an activating group) is 1. The van der Waals surface area contributed by atoms with Crippen LogP contribution in [0.25, 0.3) is 0 Å². The maximum atomic E-state index is 3.96. The molecule has 0 fully saturated rings. The molecule has 66 valence electrons. The van der Waals surface area contributed by atoms with Crippen LogP contribution in [-0.2, 0) is 0 Å². The van der Waals surface area contributed by atoms with E-state index in [1.165, 1.54) is 11.3 Å². The van der Waals surface area contributed by atoms with E-state index < -0.39 is 0 Å². The lowest BCUT2D eigenvalue weighted by Crippen LogP contribution is -2.11. The predicted octanol–water partition coefficient (Wildman–Crippen LogP) is 2.15. The maximum Gasteiger partial charge on any atom is 0.0167 e. The molecule has 0 aliphatic heterocycles. The highest BCUT2D eigenvalue weighted by Gasteiger charge is 1.95. The van der Waals surface area contributed by atoms with E-state index in [0.717, 1.165) is 18.2 Å². The van der Waals surface area contributed by atoms with Crippen LogP contribution in [0, 0.1) is 5.92 Å². The fraction of sp³-hybridized carbons (Fsp3) is 0.778. The van der Waals surface area contributed by atoms with Gasteiger partial charge >= 0.3 is 0 Å². The van der Waals surface area contributed by atoms with Gasteiger partial charge in [0.05, 0.1) is 0 Å². The third kappa shape index (κ3) is 7.95. The number of rotatable bonds is 6. The summed E-state index contributed by atoms with van der Waals surface area (Å²) in [6.07, 6.45) is 0. The first kappa shape index (κ1) is 11.1. The third-order valence-electron chi connectivity index (χ3n) is 1.18. The van der Waals surface area contributed by atoms with Crippen LogP contribution in [0.5, 0.6) is 0 Å². The summed E-state index contributed by atoms with van der Waals surface area (Å²) in [5.74, 6) is 3.13. The van der Waals surface area contributed by atoms with Crippen LogP contribution >= 0.6 is 11.8 Å². The molecule has 0 bridgehead atoms. The molecule has 2 heteroatoms. The highest BCUT2D eigenvalue weighted by molar-refractivity contribution is 7.99. The van der Waals surface area contributed by atoms with Gasteiger partial charge in [0.25, 0.3) is 0 Å². The monoisotopic (exact) mass is 173 g/mol. The highest BCUT2D eigenvalue weighted by atomic mass is 32.2. The summed E-state index contributed by atoms with van der Waals surface area (Å²) in [6, 6.07) is 0. The lowest BCUT2D eigenvalue weighted by Gasteiger charge is -2.06. The Morgan fingerprint density at radius 2 is 2.18 bits per heavy atom. The van der Waals surface area contributed by atoms with E-state index in [1.807, 2.05) is 18.8 Å². The van der Waals surface area contributed by atoms with E-state index in [4.69, 9.17) is 0 Å². The maximum absolute atomic E-state index is 3.96. The average molecular weight is 173 g/mol. The van der Waals surface area contributed by atoms with Crippen LogP contribution in [0.3, 0.4) is 0 Å². The van der Waals surface area contributed by atoms with Crippen molar-refractivity contribution in [1.29, 1.82) is 0 Å². The Kier molecular flexibility index (Phi) is 6.77. The first-order valence-electron chi connectivity index (χ1n) is 4.05. The van der Waals surface area contributed by atoms with Gasteiger partial charge in [0.15, 0.2) is 0 Å². The van der Waals surface area contributed by atoms with E-state index >= 15 is 0 Å². The summed E-state index contributed by atoms with van der Waals surface area (Å²) in [6.45, 7) is 9.40. The molecule has 0 heterocycles. The molecule has 0 aromatic heterocycles. The van der Waals surface area contributed by atoms with E-state index in [1.54, 1.807) is 0 Å². The van der Waals surface area contributed by atoms with Gasteiger partial charge in [-0.25, -0.2) is 0 Å². The van der Waals surface area contributed by atoms with E-state index in [0.29, 0.717) is 0 Å². The highest BCUT2D eigenvalue weighted by Crippen LogP contribution is 2.10. The summed E-state index contributed by atoms with van der Waals surface area (Å²) < 4.78 is 0. The number of thioether (sulfide) groups is 1. The van der Waals surface area contributed by atoms with Gasteiger partial charge in [-0.05, 0) is 18.7 Å². The largest absolute Gasteiger partial charge is 0.316 e. The second kappa shape index (κ2) is 6.74. The van der Waals surface area contributed by atoms with Crippen molar-refractivity contribution in [3.8, 4) is 0 Å². The lowest BCUT2D eigenvalue weighted by atomic mass is 10.3. The number of hydrogen-bond donors (Lipinski definition) is 1. The minimum atomic E-state index is 0.794. The van der Waals surface area contributed by atoms with Crippen molar-refractivity contribution in [2.45, 2.75) is 13.8 Å². The summed E-state index contributed by atoms with van der Waals surface area (Å²) in [5, 5.41) is 3.09. The summed E-state index contributed by atoms with van der Waals surface area (Å²) in [7, 11) is 1.96. The Morgan fingerprint density at radius 3 is 2.64 bits per heavy atom. The van der Waals surface area contributed by atoms with Crippen LogP contribution in [0.15, 0.2) is 12.2 Å². The Balaban J connectivity index is 3.17. The first-order chi connectivity index (χ1) is 5.16. The molecular formula is C9H19NS. The predicted molar refractivity (Wildman–Crippen MR) is 55.2 cm³/mol. The van der Waals surface area contributed by atoms with Gasteiger partial charge in [-0.3, -0.25) is 0 Å². The van der Waals surface area contributed by atoms with Crippen LogP contribution in [0.2, 0.25) is 0 Å². The van der Waals surface area contributed by atoms with Gasteiger partial charge < -0.3 is 5.32 Å². The Morgan fingerprint density at radius 1 is 1.55 bits per heavy atom. The smallest absolute Gasteiger partial charge is 0.0167 e. The normalized spacial score (nSPS) is 10.5. The van der Waals surface area contributed by atoms with E-state index in [-0.39, 0.29) is 0 Å². The summed E-state index contributed by atoms with van der Waals surface area (Å²) >= 11 is 1.97. The van der Waals surface area contributed by atoms with Crippen molar-refractivity contribution >= 4 is 11.8 Å². The zero-order valence-electron chi connectivity index (χ0n) is 7.81. The molecule has 0 spiro atoms. The van der Waals surface area contributed by atoms with Crippen LogP contribution in [0.4, 0.5) is 0 Å². The Labute approximate surface area is 74.6 Å². The molecule has 0 saturated carbocycles. The van der Waals surface area contributed by atoms with E-state index in [9.17, 15) is 0 Å². The fourth-order valence-corrected chi connectivity index (χ4v) is 1.72. The average Bonchev–Trinajstić information content (AvgIpc) is 1.87. The zero-order chi connectivity index (χ0) is 8.69. The molecule has 0 atom stereocenters. The first-order valence-corrected chi connectivity index (χ1v) is 5.21. The summed E-state index contributed by atoms with van der Waals surface area (Å²) in [4.78, 5) is 0. The molecule has 1 nitrogen and oxygen atoms in total. The van der Waals surface area contributed by atoms with Gasteiger partial charge in [-0.15, -0.1) is 0 Å². The van der Waals surface area contributed by atoms with Gasteiger partial charge in [0, 0.05) is 12.3 Å². The molecule has 0 saturated heterocycles. The van der Waals surface area contributed by atoms with Crippen molar-refractivity contribution in [1.82, 2.24) is 5.32 Å². The molecule has 1 N–H and O–H groups in total. The fourth-order valence-electron chi connectivity index (χ4n) is 0.740. The SMILES string of the molecule is C=C(CNC)CSCC(C)C.